The number of piperazine rings is 2. The minimum atomic E-state index is -3.45. The number of carbonyl (C=O) groups is 1. The topological polar surface area (TPSA) is 90.2 Å². The van der Waals surface area contributed by atoms with Crippen LogP contribution < -0.4 is 0 Å². The number of hydrogen-bond donors (Lipinski definition) is 0. The number of nitrogens with zero attached hydrogens (tertiary/aromatic N) is 5. The lowest BCUT2D eigenvalue weighted by Crippen LogP contribution is -2.57. The largest absolute Gasteiger partial charge is 0.344 e. The zero-order valence-corrected chi connectivity index (χ0v) is 17.3. The molecule has 11 heteroatoms. The maximum atomic E-state index is 12.8. The Balaban J connectivity index is 1.50. The molecule has 1 amide bonds. The van der Waals surface area contributed by atoms with Gasteiger partial charge in [0.25, 0.3) is 10.2 Å². The molecule has 27 heavy (non-hydrogen) atoms. The second-order valence-electron chi connectivity index (χ2n) is 7.01. The summed E-state index contributed by atoms with van der Waals surface area (Å²) in [7, 11) is -1.46. The number of halogens is 1. The van der Waals surface area contributed by atoms with Crippen LogP contribution in [0.15, 0.2) is 4.52 Å². The van der Waals surface area contributed by atoms with Crippen LogP contribution in [-0.4, -0.2) is 97.3 Å². The highest BCUT2D eigenvalue weighted by Gasteiger charge is 2.34. The highest BCUT2D eigenvalue weighted by Crippen LogP contribution is 2.21. The summed E-state index contributed by atoms with van der Waals surface area (Å²) in [5.74, 6) is -0.0108. The molecule has 0 aliphatic carbocycles. The van der Waals surface area contributed by atoms with E-state index in [2.05, 4.69) is 10.1 Å². The molecule has 1 aromatic heterocycles. The normalized spacial score (nSPS) is 20.9. The van der Waals surface area contributed by atoms with Crippen LogP contribution in [0.4, 0.5) is 0 Å². The van der Waals surface area contributed by atoms with Gasteiger partial charge in [0, 0.05) is 64.3 Å². The lowest BCUT2D eigenvalue weighted by molar-refractivity contribution is -0.132. The van der Waals surface area contributed by atoms with Crippen molar-refractivity contribution in [2.24, 2.45) is 0 Å². The minimum Gasteiger partial charge on any atom is -0.344 e. The Morgan fingerprint density at radius 1 is 1.07 bits per heavy atom. The van der Waals surface area contributed by atoms with E-state index in [0.29, 0.717) is 57.8 Å². The first-order valence-corrected chi connectivity index (χ1v) is 10.9. The minimum absolute atomic E-state index is 0.0108. The molecular formula is C16H26ClN5O4S. The van der Waals surface area contributed by atoms with E-state index in [-0.39, 0.29) is 11.1 Å². The van der Waals surface area contributed by atoms with Gasteiger partial charge < -0.3 is 14.3 Å². The standard InChI is InChI=1S/C16H26ClN5O4S/c1-13-14(16(17)26-18-13)3-4-15(23)20-7-11-22(12-8-20)27(24,25)21-9-5-19(2)6-10-21/h3-12H2,1-2H3. The summed E-state index contributed by atoms with van der Waals surface area (Å²) in [5.41, 5.74) is 1.44. The van der Waals surface area contributed by atoms with Crippen LogP contribution in [0.5, 0.6) is 0 Å². The van der Waals surface area contributed by atoms with Gasteiger partial charge in [0.05, 0.1) is 5.69 Å². The van der Waals surface area contributed by atoms with Crippen molar-refractivity contribution in [3.63, 3.8) is 0 Å². The first-order chi connectivity index (χ1) is 12.8. The van der Waals surface area contributed by atoms with Crippen LogP contribution in [-0.2, 0) is 21.4 Å². The fourth-order valence-corrected chi connectivity index (χ4v) is 5.22. The molecule has 0 aromatic carbocycles. The van der Waals surface area contributed by atoms with E-state index in [4.69, 9.17) is 16.1 Å². The Morgan fingerprint density at radius 2 is 1.63 bits per heavy atom. The predicted molar refractivity (Wildman–Crippen MR) is 101 cm³/mol. The third-order valence-electron chi connectivity index (χ3n) is 5.23. The Bertz CT molecular complexity index is 748. The Labute approximate surface area is 165 Å². The molecule has 2 aliphatic rings. The number of likely N-dealkylation sites (N-methyl/N-ethyl adjacent to an activating group) is 1. The summed E-state index contributed by atoms with van der Waals surface area (Å²) in [6.45, 7) is 5.75. The molecule has 2 saturated heterocycles. The second kappa shape index (κ2) is 8.44. The van der Waals surface area contributed by atoms with Gasteiger partial charge in [0.15, 0.2) is 0 Å². The molecule has 3 heterocycles. The monoisotopic (exact) mass is 419 g/mol. The van der Waals surface area contributed by atoms with Crippen LogP contribution in [0.1, 0.15) is 17.7 Å². The third kappa shape index (κ3) is 4.62. The molecule has 0 unspecified atom stereocenters. The third-order valence-corrected chi connectivity index (χ3v) is 7.56. The summed E-state index contributed by atoms with van der Waals surface area (Å²) in [5, 5.41) is 4.01. The highest BCUT2D eigenvalue weighted by molar-refractivity contribution is 7.86. The van der Waals surface area contributed by atoms with E-state index in [1.54, 1.807) is 16.1 Å². The SMILES string of the molecule is Cc1noc(Cl)c1CCC(=O)N1CCN(S(=O)(=O)N2CCN(C)CC2)CC1. The average Bonchev–Trinajstić information content (AvgIpc) is 2.98. The Kier molecular flexibility index (Phi) is 6.42. The van der Waals surface area contributed by atoms with E-state index in [9.17, 15) is 13.2 Å². The van der Waals surface area contributed by atoms with Gasteiger partial charge in [-0.15, -0.1) is 0 Å². The average molecular weight is 420 g/mol. The second-order valence-corrected chi connectivity index (χ2v) is 9.28. The van der Waals surface area contributed by atoms with E-state index in [0.717, 1.165) is 18.7 Å². The molecule has 0 N–H and O–H groups in total. The molecule has 3 rings (SSSR count). The van der Waals surface area contributed by atoms with Gasteiger partial charge in [-0.05, 0) is 32.0 Å². The van der Waals surface area contributed by atoms with Crippen molar-refractivity contribution >= 4 is 27.7 Å². The summed E-state index contributed by atoms with van der Waals surface area (Å²) in [4.78, 5) is 16.3. The van der Waals surface area contributed by atoms with Gasteiger partial charge in [-0.3, -0.25) is 4.79 Å². The molecule has 2 aliphatic heterocycles. The van der Waals surface area contributed by atoms with Crippen molar-refractivity contribution in [1.29, 1.82) is 0 Å². The van der Waals surface area contributed by atoms with Crippen molar-refractivity contribution < 1.29 is 17.7 Å². The van der Waals surface area contributed by atoms with Crippen molar-refractivity contribution in [2.45, 2.75) is 19.8 Å². The van der Waals surface area contributed by atoms with E-state index < -0.39 is 10.2 Å². The summed E-state index contributed by atoms with van der Waals surface area (Å²) in [6.07, 6.45) is 0.764. The van der Waals surface area contributed by atoms with Crippen molar-refractivity contribution in [3.05, 3.63) is 16.5 Å². The van der Waals surface area contributed by atoms with Gasteiger partial charge in [-0.2, -0.15) is 17.0 Å². The molecular weight excluding hydrogens is 394 g/mol. The molecule has 2 fully saturated rings. The molecule has 0 saturated carbocycles. The molecule has 0 radical (unpaired) electrons. The summed E-state index contributed by atoms with van der Waals surface area (Å²) < 4.78 is 33.5. The zero-order chi connectivity index (χ0) is 19.6. The van der Waals surface area contributed by atoms with Crippen LogP contribution in [0.2, 0.25) is 5.22 Å². The first kappa shape index (κ1) is 20.5. The maximum Gasteiger partial charge on any atom is 0.282 e. The molecule has 0 atom stereocenters. The van der Waals surface area contributed by atoms with E-state index in [1.807, 2.05) is 7.05 Å². The number of amides is 1. The van der Waals surface area contributed by atoms with Crippen molar-refractivity contribution in [3.8, 4) is 0 Å². The lowest BCUT2D eigenvalue weighted by atomic mass is 10.1. The number of rotatable bonds is 5. The number of hydrogen-bond acceptors (Lipinski definition) is 6. The fraction of sp³-hybridized carbons (Fsp3) is 0.750. The predicted octanol–water partition coefficient (Wildman–Crippen LogP) is 0.205. The van der Waals surface area contributed by atoms with Gasteiger partial charge in [0.1, 0.15) is 0 Å². The van der Waals surface area contributed by atoms with Gasteiger partial charge in [0.2, 0.25) is 11.1 Å². The van der Waals surface area contributed by atoms with E-state index in [1.165, 1.54) is 4.31 Å². The number of aromatic nitrogens is 1. The van der Waals surface area contributed by atoms with Gasteiger partial charge >= 0.3 is 0 Å². The van der Waals surface area contributed by atoms with Crippen LogP contribution in [0, 0.1) is 6.92 Å². The zero-order valence-electron chi connectivity index (χ0n) is 15.7. The van der Waals surface area contributed by atoms with Crippen molar-refractivity contribution in [1.82, 2.24) is 23.6 Å². The van der Waals surface area contributed by atoms with Crippen LogP contribution in [0.25, 0.3) is 0 Å². The number of carbonyl (C=O) groups excluding carboxylic acids is 1. The lowest BCUT2D eigenvalue weighted by Gasteiger charge is -2.39. The molecule has 9 nitrogen and oxygen atoms in total. The molecule has 1 aromatic rings. The Hall–Kier alpha value is -1.20. The molecule has 0 bridgehead atoms. The first-order valence-electron chi connectivity index (χ1n) is 9.11. The molecule has 152 valence electrons. The van der Waals surface area contributed by atoms with Crippen molar-refractivity contribution in [2.75, 3.05) is 59.4 Å². The number of aryl methyl sites for hydroxylation is 1. The van der Waals surface area contributed by atoms with Crippen LogP contribution in [0.3, 0.4) is 0 Å². The smallest absolute Gasteiger partial charge is 0.282 e. The Morgan fingerprint density at radius 3 is 2.15 bits per heavy atom. The van der Waals surface area contributed by atoms with Gasteiger partial charge in [-0.25, -0.2) is 0 Å². The highest BCUT2D eigenvalue weighted by atomic mass is 35.5. The van der Waals surface area contributed by atoms with E-state index >= 15 is 0 Å². The summed E-state index contributed by atoms with van der Waals surface area (Å²) >= 11 is 5.93. The van der Waals surface area contributed by atoms with Crippen LogP contribution >= 0.6 is 11.6 Å². The van der Waals surface area contributed by atoms with Gasteiger partial charge in [-0.1, -0.05) is 5.16 Å². The maximum absolute atomic E-state index is 12.8. The fourth-order valence-electron chi connectivity index (χ4n) is 3.38. The quantitative estimate of drug-likeness (QED) is 0.677. The molecule has 0 spiro atoms. The summed E-state index contributed by atoms with van der Waals surface area (Å²) in [6, 6.07) is 0.